The average molecular weight is 323 g/mol. The lowest BCUT2D eigenvalue weighted by atomic mass is 10.9. The number of rotatable bonds is 3. The molecule has 3 rings (SSSR count). The van der Waals surface area contributed by atoms with Crippen LogP contribution < -0.4 is 5.44 Å². The molecule has 0 aromatic carbocycles. The zero-order valence-electron chi connectivity index (χ0n) is 7.65. The van der Waals surface area contributed by atoms with Gasteiger partial charge in [-0.1, -0.05) is 0 Å². The molecule has 3 nitrogen and oxygen atoms in total. The van der Waals surface area contributed by atoms with E-state index in [1.54, 1.807) is 0 Å². The van der Waals surface area contributed by atoms with Crippen molar-refractivity contribution in [1.29, 1.82) is 0 Å². The molecule has 0 radical (unpaired) electrons. The van der Waals surface area contributed by atoms with E-state index in [1.807, 2.05) is 0 Å². The fourth-order valence-electron chi connectivity index (χ4n) is 2.01. The van der Waals surface area contributed by atoms with Gasteiger partial charge in [0.1, 0.15) is 7.14 Å². The van der Waals surface area contributed by atoms with Crippen LogP contribution in [0.25, 0.3) is 0 Å². The first kappa shape index (κ1) is 9.40. The standard InChI is InChI=1S/C9H11INO2P/c10-8-9(11-5-13-8)14(12,6-1-2-6)7-3-4-7/h5-7H,1-4H2. The van der Waals surface area contributed by atoms with Crippen LogP contribution in [-0.4, -0.2) is 16.3 Å². The van der Waals surface area contributed by atoms with E-state index in [9.17, 15) is 4.57 Å². The highest BCUT2D eigenvalue weighted by Crippen LogP contribution is 2.69. The molecule has 1 aromatic rings. The molecular formula is C9H11INO2P. The van der Waals surface area contributed by atoms with Gasteiger partial charge in [-0.2, -0.15) is 0 Å². The summed E-state index contributed by atoms with van der Waals surface area (Å²) in [6.45, 7) is 0. The van der Waals surface area contributed by atoms with Crippen LogP contribution in [-0.2, 0) is 4.57 Å². The number of hydrogen-bond donors (Lipinski definition) is 0. The Morgan fingerprint density at radius 3 is 2.29 bits per heavy atom. The molecular weight excluding hydrogens is 312 g/mol. The monoisotopic (exact) mass is 323 g/mol. The highest BCUT2D eigenvalue weighted by atomic mass is 127. The molecule has 14 heavy (non-hydrogen) atoms. The van der Waals surface area contributed by atoms with E-state index >= 15 is 0 Å². The quantitative estimate of drug-likeness (QED) is 0.634. The van der Waals surface area contributed by atoms with Crippen molar-refractivity contribution in [3.8, 4) is 0 Å². The van der Waals surface area contributed by atoms with Crippen LogP contribution in [0, 0.1) is 3.77 Å². The van der Waals surface area contributed by atoms with Gasteiger partial charge in [-0.05, 0) is 25.7 Å². The molecule has 1 aromatic heterocycles. The molecule has 2 fully saturated rings. The Bertz CT molecular complexity index is 393. The van der Waals surface area contributed by atoms with E-state index in [0.717, 1.165) is 34.9 Å². The minimum atomic E-state index is -2.20. The first-order valence-corrected chi connectivity index (χ1v) is 7.84. The zero-order chi connectivity index (χ0) is 9.76. The Kier molecular flexibility index (Phi) is 2.07. The smallest absolute Gasteiger partial charge is 0.194 e. The summed E-state index contributed by atoms with van der Waals surface area (Å²) in [5, 5.41) is 0. The van der Waals surface area contributed by atoms with Crippen molar-refractivity contribution in [2.45, 2.75) is 37.0 Å². The first-order valence-electron chi connectivity index (χ1n) is 4.92. The zero-order valence-corrected chi connectivity index (χ0v) is 10.7. The predicted octanol–water partition coefficient (Wildman–Crippen LogP) is 2.59. The highest BCUT2D eigenvalue weighted by molar-refractivity contribution is 14.1. The second-order valence-corrected chi connectivity index (χ2v) is 8.40. The van der Waals surface area contributed by atoms with Gasteiger partial charge >= 0.3 is 0 Å². The molecule has 2 saturated carbocycles. The Balaban J connectivity index is 2.07. The fourth-order valence-corrected chi connectivity index (χ4v) is 7.07. The fraction of sp³-hybridized carbons (Fsp3) is 0.667. The van der Waals surface area contributed by atoms with Gasteiger partial charge in [0.25, 0.3) is 0 Å². The largest absolute Gasteiger partial charge is 0.437 e. The maximum Gasteiger partial charge on any atom is 0.194 e. The van der Waals surface area contributed by atoms with Crippen LogP contribution in [0.5, 0.6) is 0 Å². The Morgan fingerprint density at radius 2 is 1.93 bits per heavy atom. The topological polar surface area (TPSA) is 43.1 Å². The van der Waals surface area contributed by atoms with Crippen LogP contribution in [0.2, 0.25) is 0 Å². The van der Waals surface area contributed by atoms with E-state index in [1.165, 1.54) is 6.39 Å². The number of oxazole rings is 1. The van der Waals surface area contributed by atoms with E-state index in [-0.39, 0.29) is 0 Å². The molecule has 0 saturated heterocycles. The van der Waals surface area contributed by atoms with Crippen molar-refractivity contribution < 1.29 is 8.98 Å². The minimum Gasteiger partial charge on any atom is -0.437 e. The van der Waals surface area contributed by atoms with Gasteiger partial charge in [0.05, 0.1) is 0 Å². The Hall–Kier alpha value is 0.170. The van der Waals surface area contributed by atoms with E-state index in [4.69, 9.17) is 4.42 Å². The molecule has 2 aliphatic carbocycles. The molecule has 0 amide bonds. The number of nitrogens with zero attached hydrogens (tertiary/aromatic N) is 1. The lowest BCUT2D eigenvalue weighted by Gasteiger charge is -2.13. The molecule has 0 bridgehead atoms. The average Bonchev–Trinajstić information content (AvgIpc) is 3.00. The third kappa shape index (κ3) is 1.30. The Morgan fingerprint density at radius 1 is 1.36 bits per heavy atom. The number of aromatic nitrogens is 1. The summed E-state index contributed by atoms with van der Waals surface area (Å²) < 4.78 is 18.8. The van der Waals surface area contributed by atoms with Crippen LogP contribution >= 0.6 is 29.7 Å². The van der Waals surface area contributed by atoms with E-state index in [0.29, 0.717) is 11.3 Å². The van der Waals surface area contributed by atoms with Crippen molar-refractivity contribution >= 4 is 35.2 Å². The summed E-state index contributed by atoms with van der Waals surface area (Å²) >= 11 is 2.10. The van der Waals surface area contributed by atoms with Crippen molar-refractivity contribution in [2.24, 2.45) is 0 Å². The molecule has 0 unspecified atom stereocenters. The van der Waals surface area contributed by atoms with Gasteiger partial charge in [0, 0.05) is 33.9 Å². The van der Waals surface area contributed by atoms with Crippen LogP contribution in [0.15, 0.2) is 10.8 Å². The van der Waals surface area contributed by atoms with Gasteiger partial charge in [-0.25, -0.2) is 4.98 Å². The highest BCUT2D eigenvalue weighted by Gasteiger charge is 2.54. The maximum atomic E-state index is 12.9. The molecule has 0 spiro atoms. The maximum absolute atomic E-state index is 12.9. The summed E-state index contributed by atoms with van der Waals surface area (Å²) in [5.74, 6) is 0. The van der Waals surface area contributed by atoms with E-state index < -0.39 is 7.14 Å². The van der Waals surface area contributed by atoms with Crippen molar-refractivity contribution in [1.82, 2.24) is 4.98 Å². The van der Waals surface area contributed by atoms with E-state index in [2.05, 4.69) is 27.6 Å². The van der Waals surface area contributed by atoms with Crippen LogP contribution in [0.3, 0.4) is 0 Å². The van der Waals surface area contributed by atoms with Crippen molar-refractivity contribution in [3.63, 3.8) is 0 Å². The van der Waals surface area contributed by atoms with Crippen LogP contribution in [0.1, 0.15) is 25.7 Å². The number of halogens is 1. The number of hydrogen-bond acceptors (Lipinski definition) is 3. The molecule has 0 atom stereocenters. The summed E-state index contributed by atoms with van der Waals surface area (Å²) in [4.78, 5) is 4.17. The third-order valence-electron chi connectivity index (χ3n) is 3.02. The normalized spacial score (nSPS) is 22.6. The van der Waals surface area contributed by atoms with Gasteiger partial charge in [-0.3, -0.25) is 0 Å². The lowest BCUT2D eigenvalue weighted by Crippen LogP contribution is -2.15. The summed E-state index contributed by atoms with van der Waals surface area (Å²) in [6, 6.07) is 0. The summed E-state index contributed by atoms with van der Waals surface area (Å²) in [7, 11) is -2.20. The third-order valence-corrected chi connectivity index (χ3v) is 8.39. The van der Waals surface area contributed by atoms with Gasteiger partial charge in [0.2, 0.25) is 0 Å². The summed E-state index contributed by atoms with van der Waals surface area (Å²) in [6.07, 6.45) is 5.91. The van der Waals surface area contributed by atoms with Crippen molar-refractivity contribution in [2.75, 3.05) is 0 Å². The van der Waals surface area contributed by atoms with Crippen LogP contribution in [0.4, 0.5) is 0 Å². The Labute approximate surface area is 96.2 Å². The molecule has 5 heteroatoms. The minimum absolute atomic E-state index is 0.425. The van der Waals surface area contributed by atoms with Gasteiger partial charge in [-0.15, -0.1) is 0 Å². The molecule has 1 heterocycles. The second kappa shape index (κ2) is 3.08. The summed E-state index contributed by atoms with van der Waals surface area (Å²) in [5.41, 5.74) is 1.63. The van der Waals surface area contributed by atoms with Gasteiger partial charge in [0.15, 0.2) is 15.6 Å². The van der Waals surface area contributed by atoms with Gasteiger partial charge < -0.3 is 8.98 Å². The molecule has 76 valence electrons. The molecule has 0 aliphatic heterocycles. The molecule has 2 aliphatic rings. The second-order valence-electron chi connectivity index (χ2n) is 4.12. The molecule has 0 N–H and O–H groups in total. The van der Waals surface area contributed by atoms with Crippen molar-refractivity contribution in [3.05, 3.63) is 10.2 Å². The first-order chi connectivity index (χ1) is 6.73. The predicted molar refractivity (Wildman–Crippen MR) is 62.5 cm³/mol. The SMILES string of the molecule is O=P(c1ncoc1I)(C1CC1)C1CC1. The lowest BCUT2D eigenvalue weighted by molar-refractivity contribution is 0.531.